The van der Waals surface area contributed by atoms with E-state index in [2.05, 4.69) is 11.1 Å². The van der Waals surface area contributed by atoms with Crippen LogP contribution in [0.25, 0.3) is 99.9 Å². The highest BCUT2D eigenvalue weighted by atomic mass is 15.0. The predicted octanol–water partition coefficient (Wildman–Crippen LogP) is 13.3. The van der Waals surface area contributed by atoms with Crippen LogP contribution < -0.4 is 0 Å². The maximum Gasteiger partial charge on any atom is 0.164 e. The Balaban J connectivity index is 1.19. The molecule has 0 saturated carbocycles. The zero-order chi connectivity index (χ0) is 48.9. The van der Waals surface area contributed by atoms with Gasteiger partial charge in [-0.25, -0.2) is 15.0 Å². The largest absolute Gasteiger partial charge is 0.208 e. The molecular weight excluding hydrogens is 655 g/mol. The third kappa shape index (κ3) is 5.78. The van der Waals surface area contributed by atoms with E-state index < -0.39 is 107 Å². The van der Waals surface area contributed by atoms with Crippen molar-refractivity contribution in [1.29, 1.82) is 0 Å². The Labute approximate surface area is 335 Å². The molecule has 1 heterocycles. The summed E-state index contributed by atoms with van der Waals surface area (Å²) in [5.41, 5.74) is 3.69. The van der Waals surface area contributed by atoms with Crippen molar-refractivity contribution in [3.8, 4) is 67.5 Å². The number of benzene rings is 9. The molecule has 10 aromatic rings. The highest BCUT2D eigenvalue weighted by Crippen LogP contribution is 2.37. The smallest absolute Gasteiger partial charge is 0.164 e. The molecule has 0 atom stereocenters. The minimum absolute atomic E-state index is 0.168. The minimum atomic E-state index is -0.779. The van der Waals surface area contributed by atoms with Crippen LogP contribution in [0, 0.1) is 0 Å². The number of rotatable bonds is 6. The van der Waals surface area contributed by atoms with Gasteiger partial charge in [-0.05, 0) is 77.8 Å². The molecule has 0 aliphatic rings. The van der Waals surface area contributed by atoms with Crippen molar-refractivity contribution in [2.24, 2.45) is 0 Å². The lowest BCUT2D eigenvalue weighted by atomic mass is 9.92. The lowest BCUT2D eigenvalue weighted by molar-refractivity contribution is 1.07. The minimum Gasteiger partial charge on any atom is -0.208 e. The Kier molecular flexibility index (Phi) is 4.85. The molecule has 1 aromatic heterocycles. The number of nitrogens with zero attached hydrogens (tertiary/aromatic N) is 3. The molecule has 0 amide bonds. The second-order valence-corrected chi connectivity index (χ2v) is 12.4. The summed E-state index contributed by atoms with van der Waals surface area (Å²) in [4.78, 5) is 14.1. The van der Waals surface area contributed by atoms with Crippen LogP contribution >= 0.6 is 0 Å². The molecule has 3 heteroatoms. The second-order valence-electron chi connectivity index (χ2n) is 12.4. The van der Waals surface area contributed by atoms with E-state index in [-0.39, 0.29) is 50.0 Å². The van der Waals surface area contributed by atoms with Crippen LogP contribution in [0.15, 0.2) is 200 Å². The summed E-state index contributed by atoms with van der Waals surface area (Å²) in [5, 5.41) is -2.18. The summed E-state index contributed by atoms with van der Waals surface area (Å²) in [6.07, 6.45) is 0. The summed E-state index contributed by atoms with van der Waals surface area (Å²) < 4.78 is 135. The number of aromatic nitrogens is 3. The molecule has 252 valence electrons. The molecule has 9 aromatic carbocycles. The van der Waals surface area contributed by atoms with Gasteiger partial charge in [0, 0.05) is 16.7 Å². The molecule has 3 nitrogen and oxygen atoms in total. The summed E-state index contributed by atoms with van der Waals surface area (Å²) in [7, 11) is 0. The van der Waals surface area contributed by atoms with Gasteiger partial charge in [0.05, 0.1) is 20.6 Å². The van der Waals surface area contributed by atoms with Crippen LogP contribution in [-0.4, -0.2) is 15.0 Å². The van der Waals surface area contributed by atoms with Gasteiger partial charge < -0.3 is 0 Å². The van der Waals surface area contributed by atoms with Gasteiger partial charge in [-0.2, -0.15) is 0 Å². The Morgan fingerprint density at radius 1 is 0.278 bits per heavy atom. The van der Waals surface area contributed by atoms with E-state index in [9.17, 15) is 9.60 Å². The average molecular weight is 703 g/mol. The number of hydrogen-bond acceptors (Lipinski definition) is 3. The molecule has 0 saturated heterocycles. The number of hydrogen-bond donors (Lipinski definition) is 0. The third-order valence-corrected chi connectivity index (χ3v) is 9.15. The normalized spacial score (nSPS) is 15.2. The highest BCUT2D eigenvalue weighted by molar-refractivity contribution is 6.25. The van der Waals surface area contributed by atoms with Crippen molar-refractivity contribution < 1.29 is 20.6 Å². The van der Waals surface area contributed by atoms with E-state index >= 15 is 0 Å². The topological polar surface area (TPSA) is 38.7 Å². The Bertz CT molecular complexity index is 3760. The van der Waals surface area contributed by atoms with Gasteiger partial charge in [0.25, 0.3) is 0 Å². The van der Waals surface area contributed by atoms with Gasteiger partial charge in [-0.15, -0.1) is 0 Å². The maximum atomic E-state index is 9.63. The van der Waals surface area contributed by atoms with Crippen molar-refractivity contribution in [3.05, 3.63) is 200 Å². The van der Waals surface area contributed by atoms with E-state index in [1.165, 1.54) is 0 Å². The van der Waals surface area contributed by atoms with Crippen molar-refractivity contribution >= 4 is 32.3 Å². The van der Waals surface area contributed by atoms with Crippen LogP contribution in [-0.2, 0) is 0 Å². The second kappa shape index (κ2) is 13.4. The molecule has 0 N–H and O–H groups in total. The summed E-state index contributed by atoms with van der Waals surface area (Å²) >= 11 is 0. The lowest BCUT2D eigenvalue weighted by Gasteiger charge is -2.12. The van der Waals surface area contributed by atoms with Gasteiger partial charge >= 0.3 is 0 Å². The van der Waals surface area contributed by atoms with Gasteiger partial charge in [0.15, 0.2) is 17.5 Å². The van der Waals surface area contributed by atoms with Crippen molar-refractivity contribution in [1.82, 2.24) is 15.0 Å². The monoisotopic (exact) mass is 702 g/mol. The van der Waals surface area contributed by atoms with E-state index in [0.717, 1.165) is 22.3 Å². The first-order chi connectivity index (χ1) is 33.0. The summed E-state index contributed by atoms with van der Waals surface area (Å²) in [6.45, 7) is 0. The first-order valence-corrected chi connectivity index (χ1v) is 17.1. The summed E-state index contributed by atoms with van der Waals surface area (Å²) in [6, 6.07) is 24.0. The Morgan fingerprint density at radius 3 is 1.24 bits per heavy atom. The van der Waals surface area contributed by atoms with Gasteiger partial charge in [-0.3, -0.25) is 0 Å². The van der Waals surface area contributed by atoms with Gasteiger partial charge in [-0.1, -0.05) is 188 Å². The molecule has 0 fully saturated rings. The lowest BCUT2D eigenvalue weighted by Crippen LogP contribution is -2.00. The van der Waals surface area contributed by atoms with E-state index in [4.69, 9.17) is 20.9 Å². The fourth-order valence-electron chi connectivity index (χ4n) is 6.48. The first kappa shape index (κ1) is 19.6. The van der Waals surface area contributed by atoms with Crippen LogP contribution in [0.3, 0.4) is 0 Å². The summed E-state index contributed by atoms with van der Waals surface area (Å²) in [5.74, 6) is 0.135. The number of fused-ring (bicyclic) bond motifs is 6. The van der Waals surface area contributed by atoms with E-state index in [0.29, 0.717) is 11.1 Å². The fraction of sp³-hybridized carbons (Fsp3) is 0. The molecule has 54 heavy (non-hydrogen) atoms. The Hall–Kier alpha value is -7.23. The molecule has 0 bridgehead atoms. The zero-order valence-corrected chi connectivity index (χ0v) is 28.2. The molecular formula is C51H33N3. The molecule has 0 spiro atoms. The van der Waals surface area contributed by atoms with Crippen molar-refractivity contribution in [2.45, 2.75) is 0 Å². The standard InChI is InChI=1S/C51H33N3/c1-3-12-34(13-4-1)40-16-11-17-41(32-40)35-22-26-38(27-23-35)50-52-49(37-14-5-2-6-15-37)53-51(54-50)39-28-24-36(25-29-39)42-30-31-47-45-20-8-7-18-43(45)44-19-9-10-21-46(44)48(47)33-42/h1-33H/i7D,8D,9D,10D,18D,19D,20D,21D,24D,25D,28D,29D,30D,31D,33D. The predicted molar refractivity (Wildman–Crippen MR) is 225 cm³/mol. The average Bonchev–Trinajstić information content (AvgIpc) is 3.37. The highest BCUT2D eigenvalue weighted by Gasteiger charge is 2.14. The fourth-order valence-corrected chi connectivity index (χ4v) is 6.48. The van der Waals surface area contributed by atoms with Crippen LogP contribution in [0.5, 0.6) is 0 Å². The molecule has 0 aliphatic carbocycles. The van der Waals surface area contributed by atoms with Crippen LogP contribution in [0.4, 0.5) is 0 Å². The quantitative estimate of drug-likeness (QED) is 0.162. The molecule has 0 radical (unpaired) electrons. The molecule has 0 aliphatic heterocycles. The zero-order valence-electron chi connectivity index (χ0n) is 43.2. The maximum absolute atomic E-state index is 9.63. The molecule has 10 rings (SSSR count). The van der Waals surface area contributed by atoms with Gasteiger partial charge in [0.1, 0.15) is 0 Å². The molecule has 0 unspecified atom stereocenters. The van der Waals surface area contributed by atoms with E-state index in [1.807, 2.05) is 78.9 Å². The van der Waals surface area contributed by atoms with Crippen molar-refractivity contribution in [3.63, 3.8) is 0 Å². The van der Waals surface area contributed by atoms with Crippen molar-refractivity contribution in [2.75, 3.05) is 0 Å². The van der Waals surface area contributed by atoms with E-state index in [1.54, 1.807) is 24.3 Å². The van der Waals surface area contributed by atoms with Crippen LogP contribution in [0.2, 0.25) is 0 Å². The third-order valence-electron chi connectivity index (χ3n) is 9.15. The Morgan fingerprint density at radius 2 is 0.667 bits per heavy atom. The van der Waals surface area contributed by atoms with Crippen LogP contribution in [0.1, 0.15) is 20.6 Å². The first-order valence-electron chi connectivity index (χ1n) is 24.6. The SMILES string of the molecule is [2H]c1c([2H])c(-c2c([2H])c([2H])c3c4c([2H])c([2H])c([2H])c([2H])c4c4c([2H])c([2H])c([2H])c([2H])c4c3c2[2H])c([2H])c([2H])c1-c1nc(-c2ccccc2)nc(-c2ccc(-c3cccc(-c4ccccc4)c3)cc2)n1. The van der Waals surface area contributed by atoms with Gasteiger partial charge in [0.2, 0.25) is 0 Å².